The van der Waals surface area contributed by atoms with Crippen LogP contribution in [-0.4, -0.2) is 56.3 Å². The highest BCUT2D eigenvalue weighted by molar-refractivity contribution is 6.03. The van der Waals surface area contributed by atoms with Crippen LogP contribution in [0.25, 0.3) is 16.7 Å². The van der Waals surface area contributed by atoms with Gasteiger partial charge in [0, 0.05) is 38.7 Å². The molecule has 1 atom stereocenters. The summed E-state index contributed by atoms with van der Waals surface area (Å²) in [5, 5.41) is 24.3. The van der Waals surface area contributed by atoms with E-state index >= 15 is 0 Å². The summed E-state index contributed by atoms with van der Waals surface area (Å²) in [4.78, 5) is 28.8. The number of primary amides is 1. The molecule has 0 bridgehead atoms. The van der Waals surface area contributed by atoms with E-state index in [-0.39, 0.29) is 11.6 Å². The number of nitriles is 1. The molecule has 0 aliphatic rings. The van der Waals surface area contributed by atoms with Gasteiger partial charge in [0.15, 0.2) is 11.3 Å². The van der Waals surface area contributed by atoms with Crippen molar-refractivity contribution in [1.29, 1.82) is 5.26 Å². The van der Waals surface area contributed by atoms with E-state index in [1.165, 1.54) is 16.5 Å². The molecule has 2 aromatic heterocycles. The fraction of sp³-hybridized carbons (Fsp3) is 0.227. The number of benzene rings is 1. The largest absolute Gasteiger partial charge is 0.380 e. The van der Waals surface area contributed by atoms with Crippen molar-refractivity contribution in [2.75, 3.05) is 13.6 Å². The summed E-state index contributed by atoms with van der Waals surface area (Å²) in [5.41, 5.74) is 7.21. The molecule has 3 rings (SSSR count). The van der Waals surface area contributed by atoms with Gasteiger partial charge in [0.1, 0.15) is 6.10 Å². The Morgan fingerprint density at radius 3 is 2.74 bits per heavy atom. The predicted octanol–water partition coefficient (Wildman–Crippen LogP) is 0.972. The third-order valence-corrected chi connectivity index (χ3v) is 4.63. The summed E-state index contributed by atoms with van der Waals surface area (Å²) >= 11 is 0. The number of aliphatic hydroxyl groups is 1. The van der Waals surface area contributed by atoms with E-state index in [1.54, 1.807) is 43.6 Å². The number of nitrogens with two attached hydrogens (primary N) is 1. The monoisotopic (exact) mass is 416 g/mol. The maximum absolute atomic E-state index is 11.8. The Kier molecular flexibility index (Phi) is 6.29. The van der Waals surface area contributed by atoms with E-state index < -0.39 is 12.0 Å². The summed E-state index contributed by atoms with van der Waals surface area (Å²) in [6.45, 7) is 1.82. The molecule has 0 saturated carbocycles. The van der Waals surface area contributed by atoms with Crippen molar-refractivity contribution in [1.82, 2.24) is 19.7 Å². The highest BCUT2D eigenvalue weighted by Gasteiger charge is 2.17. The first kappa shape index (κ1) is 21.5. The fourth-order valence-corrected chi connectivity index (χ4v) is 2.90. The van der Waals surface area contributed by atoms with Crippen molar-refractivity contribution >= 4 is 22.8 Å². The molecule has 31 heavy (non-hydrogen) atoms. The average molecular weight is 416 g/mol. The average Bonchev–Trinajstić information content (AvgIpc) is 3.15. The topological polar surface area (TPSA) is 138 Å². The van der Waals surface area contributed by atoms with Gasteiger partial charge in [0.25, 0.3) is 5.91 Å². The maximum atomic E-state index is 11.8. The molecule has 9 nitrogen and oxygen atoms in total. The van der Waals surface area contributed by atoms with Gasteiger partial charge >= 0.3 is 0 Å². The second kappa shape index (κ2) is 9.08. The van der Waals surface area contributed by atoms with Crippen LogP contribution in [0.3, 0.4) is 0 Å². The van der Waals surface area contributed by atoms with Crippen LogP contribution in [0.1, 0.15) is 35.0 Å². The lowest BCUT2D eigenvalue weighted by molar-refractivity contribution is -0.127. The van der Waals surface area contributed by atoms with Gasteiger partial charge in [0.2, 0.25) is 5.91 Å². The standard InChI is InChI=1S/C22H20N6O3/c1-14(29)27(2)9-7-18(30)6-5-15-10-16(13-23)12-17(11-15)28-22-19(4-3-8-25-22)20(26-28)21(24)31/h3-4,8,10-12,18,30H,7,9H2,1-2H3,(H2,24,31)/t18-/m0/s1. The van der Waals surface area contributed by atoms with Gasteiger partial charge in [0.05, 0.1) is 22.7 Å². The fourth-order valence-electron chi connectivity index (χ4n) is 2.90. The van der Waals surface area contributed by atoms with E-state index in [9.17, 15) is 20.0 Å². The quantitative estimate of drug-likeness (QED) is 0.595. The van der Waals surface area contributed by atoms with Crippen molar-refractivity contribution < 1.29 is 14.7 Å². The Labute approximate surface area is 178 Å². The van der Waals surface area contributed by atoms with Crippen LogP contribution in [0.5, 0.6) is 0 Å². The number of hydrogen-bond donors (Lipinski definition) is 2. The van der Waals surface area contributed by atoms with Gasteiger partial charge in [-0.3, -0.25) is 9.59 Å². The minimum Gasteiger partial charge on any atom is -0.380 e. The molecule has 0 spiro atoms. The number of aliphatic hydroxyl groups excluding tert-OH is 1. The molecule has 3 N–H and O–H groups in total. The van der Waals surface area contributed by atoms with Crippen LogP contribution < -0.4 is 5.73 Å². The molecule has 3 aromatic rings. The Bertz CT molecular complexity index is 1260. The number of carbonyl (C=O) groups excluding carboxylic acids is 2. The molecular weight excluding hydrogens is 396 g/mol. The normalized spacial score (nSPS) is 11.3. The van der Waals surface area contributed by atoms with E-state index in [4.69, 9.17) is 5.73 Å². The third-order valence-electron chi connectivity index (χ3n) is 4.63. The van der Waals surface area contributed by atoms with Crippen LogP contribution in [0.2, 0.25) is 0 Å². The van der Waals surface area contributed by atoms with Crippen molar-refractivity contribution in [3.63, 3.8) is 0 Å². The number of hydrogen-bond acceptors (Lipinski definition) is 6. The van der Waals surface area contributed by atoms with E-state index in [0.717, 1.165) is 0 Å². The Hall–Kier alpha value is -4.21. The molecule has 2 amide bonds. The number of fused-ring (bicyclic) bond motifs is 1. The number of amides is 2. The molecule has 2 heterocycles. The lowest BCUT2D eigenvalue weighted by Gasteiger charge is -2.14. The second-order valence-corrected chi connectivity index (χ2v) is 6.89. The third kappa shape index (κ3) is 4.86. The van der Waals surface area contributed by atoms with Gasteiger partial charge in [-0.2, -0.15) is 10.4 Å². The number of carbonyl (C=O) groups is 2. The number of rotatable bonds is 5. The second-order valence-electron chi connectivity index (χ2n) is 6.89. The van der Waals surface area contributed by atoms with Crippen molar-refractivity contribution in [2.24, 2.45) is 5.73 Å². The molecule has 0 unspecified atom stereocenters. The molecule has 0 aliphatic heterocycles. The van der Waals surface area contributed by atoms with Crippen LogP contribution in [0.4, 0.5) is 0 Å². The zero-order chi connectivity index (χ0) is 22.5. The minimum absolute atomic E-state index is 0.0723. The van der Waals surface area contributed by atoms with Crippen LogP contribution in [-0.2, 0) is 4.79 Å². The van der Waals surface area contributed by atoms with Crippen LogP contribution in [0.15, 0.2) is 36.5 Å². The zero-order valence-electron chi connectivity index (χ0n) is 17.0. The van der Waals surface area contributed by atoms with E-state index in [2.05, 4.69) is 28.0 Å². The first-order chi connectivity index (χ1) is 14.8. The lowest BCUT2D eigenvalue weighted by atomic mass is 10.1. The molecule has 0 fully saturated rings. The van der Waals surface area contributed by atoms with Gasteiger partial charge in [-0.1, -0.05) is 11.8 Å². The number of aromatic nitrogens is 3. The summed E-state index contributed by atoms with van der Waals surface area (Å²) in [6, 6.07) is 10.3. The van der Waals surface area contributed by atoms with Crippen LogP contribution in [0, 0.1) is 23.2 Å². The summed E-state index contributed by atoms with van der Waals surface area (Å²) in [5.74, 6) is 4.79. The first-order valence-electron chi connectivity index (χ1n) is 9.40. The van der Waals surface area contributed by atoms with Crippen LogP contribution >= 0.6 is 0 Å². The molecular formula is C22H20N6O3. The SMILES string of the molecule is CC(=O)N(C)CC[C@@H](O)C#Cc1cc(C#N)cc(-n2nc(C(N)=O)c3cccnc32)c1. The zero-order valence-corrected chi connectivity index (χ0v) is 17.0. The van der Waals surface area contributed by atoms with Gasteiger partial charge in [-0.15, -0.1) is 0 Å². The summed E-state index contributed by atoms with van der Waals surface area (Å²) < 4.78 is 1.43. The van der Waals surface area contributed by atoms with Gasteiger partial charge in [-0.05, 0) is 30.3 Å². The molecule has 0 saturated heterocycles. The smallest absolute Gasteiger partial charge is 0.269 e. The molecule has 1 aromatic carbocycles. The first-order valence-corrected chi connectivity index (χ1v) is 9.40. The predicted molar refractivity (Wildman–Crippen MR) is 113 cm³/mol. The summed E-state index contributed by atoms with van der Waals surface area (Å²) in [7, 11) is 1.65. The molecule has 0 aliphatic carbocycles. The minimum atomic E-state index is -0.940. The number of pyridine rings is 1. The van der Waals surface area contributed by atoms with E-state index in [1.807, 2.05) is 0 Å². The molecule has 9 heteroatoms. The molecule has 156 valence electrons. The highest BCUT2D eigenvalue weighted by atomic mass is 16.3. The highest BCUT2D eigenvalue weighted by Crippen LogP contribution is 2.21. The van der Waals surface area contributed by atoms with Crippen molar-refractivity contribution in [3.8, 4) is 23.6 Å². The van der Waals surface area contributed by atoms with Gasteiger partial charge < -0.3 is 15.7 Å². The van der Waals surface area contributed by atoms with E-state index in [0.29, 0.717) is 40.8 Å². The van der Waals surface area contributed by atoms with Crippen molar-refractivity contribution in [3.05, 3.63) is 53.3 Å². The Balaban J connectivity index is 1.97. The number of nitrogens with zero attached hydrogens (tertiary/aromatic N) is 5. The molecule has 0 radical (unpaired) electrons. The van der Waals surface area contributed by atoms with Crippen molar-refractivity contribution in [2.45, 2.75) is 19.4 Å². The maximum Gasteiger partial charge on any atom is 0.269 e. The Morgan fingerprint density at radius 2 is 2.06 bits per heavy atom. The Morgan fingerprint density at radius 1 is 1.32 bits per heavy atom. The van der Waals surface area contributed by atoms with Gasteiger partial charge in [-0.25, -0.2) is 9.67 Å². The summed E-state index contributed by atoms with van der Waals surface area (Å²) in [6.07, 6.45) is 0.919. The lowest BCUT2D eigenvalue weighted by Crippen LogP contribution is -2.27.